The number of carboxylic acids is 1. The lowest BCUT2D eigenvalue weighted by molar-refractivity contribution is -0.154. The number of rotatable bonds is 2. The quantitative estimate of drug-likeness (QED) is 0.702. The van der Waals surface area contributed by atoms with Gasteiger partial charge in [-0.25, -0.2) is 0 Å². The molecule has 0 aromatic carbocycles. The average molecular weight is 282 g/mol. The molecule has 112 valence electrons. The molecule has 1 saturated carbocycles. The van der Waals surface area contributed by atoms with Crippen molar-refractivity contribution in [2.24, 2.45) is 23.2 Å². The molecule has 0 aromatic heterocycles. The van der Waals surface area contributed by atoms with Crippen LogP contribution in [0.15, 0.2) is 11.6 Å². The average Bonchev–Trinajstić information content (AvgIpc) is 2.38. The molecule has 0 radical (unpaired) electrons. The molecule has 2 aliphatic carbocycles. The molecule has 0 bridgehead atoms. The van der Waals surface area contributed by atoms with Gasteiger partial charge in [0.15, 0.2) is 5.78 Å². The third kappa shape index (κ3) is 2.00. The van der Waals surface area contributed by atoms with Gasteiger partial charge in [-0.3, -0.25) is 9.59 Å². The van der Waals surface area contributed by atoms with Crippen molar-refractivity contribution in [2.75, 3.05) is 0 Å². The van der Waals surface area contributed by atoms with Gasteiger partial charge in [-0.15, -0.1) is 0 Å². The van der Waals surface area contributed by atoms with E-state index in [0.717, 1.165) is 5.57 Å². The molecule has 2 rings (SSSR count). The van der Waals surface area contributed by atoms with E-state index in [2.05, 4.69) is 0 Å². The summed E-state index contributed by atoms with van der Waals surface area (Å²) in [5.41, 5.74) is 0.0987. The van der Waals surface area contributed by atoms with E-state index in [9.17, 15) is 19.8 Å². The standard InChI is InChI=1S/C15H22O5/c1-7(14(19)20)12-11(17)6-9-4-5-10(16)8(2)15(9,3)13(12)18/h6-8,10,12-13,16,18H,4-5H2,1-3H3,(H,19,20). The maximum Gasteiger partial charge on any atom is 0.307 e. The number of hydrogen-bond donors (Lipinski definition) is 3. The van der Waals surface area contributed by atoms with Gasteiger partial charge in [0.1, 0.15) is 0 Å². The highest BCUT2D eigenvalue weighted by molar-refractivity contribution is 5.97. The Bertz CT molecular complexity index is 469. The minimum atomic E-state index is -1.09. The van der Waals surface area contributed by atoms with Gasteiger partial charge in [0.2, 0.25) is 0 Å². The summed E-state index contributed by atoms with van der Waals surface area (Å²) in [6.45, 7) is 5.12. The number of ketones is 1. The Morgan fingerprint density at radius 1 is 1.45 bits per heavy atom. The van der Waals surface area contributed by atoms with Crippen LogP contribution in [0.25, 0.3) is 0 Å². The van der Waals surface area contributed by atoms with Crippen LogP contribution in [0.1, 0.15) is 33.6 Å². The van der Waals surface area contributed by atoms with E-state index in [1.165, 1.54) is 13.0 Å². The van der Waals surface area contributed by atoms with E-state index in [1.807, 2.05) is 13.8 Å². The molecule has 1 fully saturated rings. The number of carboxylic acid groups (broad SMARTS) is 1. The first-order valence-corrected chi connectivity index (χ1v) is 7.05. The highest BCUT2D eigenvalue weighted by atomic mass is 16.4. The van der Waals surface area contributed by atoms with Crippen molar-refractivity contribution in [1.29, 1.82) is 0 Å². The molecule has 0 aromatic rings. The molecule has 6 unspecified atom stereocenters. The van der Waals surface area contributed by atoms with Crippen LogP contribution in [0.5, 0.6) is 0 Å². The molecule has 0 amide bonds. The summed E-state index contributed by atoms with van der Waals surface area (Å²) in [6.07, 6.45) is 1.02. The molecule has 3 N–H and O–H groups in total. The number of fused-ring (bicyclic) bond motifs is 1. The fourth-order valence-corrected chi connectivity index (χ4v) is 3.67. The number of carbonyl (C=O) groups is 2. The molecule has 2 aliphatic rings. The third-order valence-corrected chi connectivity index (χ3v) is 5.45. The number of carbonyl (C=O) groups excluding carboxylic acids is 1. The minimum absolute atomic E-state index is 0.214. The summed E-state index contributed by atoms with van der Waals surface area (Å²) in [4.78, 5) is 23.3. The van der Waals surface area contributed by atoms with Crippen LogP contribution < -0.4 is 0 Å². The molecule has 0 aliphatic heterocycles. The molecular formula is C15H22O5. The highest BCUT2D eigenvalue weighted by Crippen LogP contribution is 2.52. The van der Waals surface area contributed by atoms with Crippen LogP contribution in [0.3, 0.4) is 0 Å². The van der Waals surface area contributed by atoms with Crippen LogP contribution in [-0.4, -0.2) is 39.3 Å². The lowest BCUT2D eigenvalue weighted by atomic mass is 9.54. The second-order valence-corrected chi connectivity index (χ2v) is 6.35. The van der Waals surface area contributed by atoms with Crippen molar-refractivity contribution in [1.82, 2.24) is 0 Å². The van der Waals surface area contributed by atoms with Gasteiger partial charge in [-0.05, 0) is 24.8 Å². The summed E-state index contributed by atoms with van der Waals surface area (Å²) >= 11 is 0. The molecule has 20 heavy (non-hydrogen) atoms. The summed E-state index contributed by atoms with van der Waals surface area (Å²) in [5, 5.41) is 29.9. The van der Waals surface area contributed by atoms with Crippen molar-refractivity contribution >= 4 is 11.8 Å². The van der Waals surface area contributed by atoms with Gasteiger partial charge in [-0.2, -0.15) is 0 Å². The van der Waals surface area contributed by atoms with Crippen LogP contribution in [0.4, 0.5) is 0 Å². The molecule has 5 nitrogen and oxygen atoms in total. The van der Waals surface area contributed by atoms with Crippen LogP contribution >= 0.6 is 0 Å². The normalized spacial score (nSPS) is 42.6. The Hall–Kier alpha value is -1.20. The van der Waals surface area contributed by atoms with Gasteiger partial charge >= 0.3 is 5.97 Å². The minimum Gasteiger partial charge on any atom is -0.481 e. The van der Waals surface area contributed by atoms with Crippen molar-refractivity contribution in [2.45, 2.75) is 45.8 Å². The van der Waals surface area contributed by atoms with E-state index >= 15 is 0 Å². The first-order chi connectivity index (χ1) is 9.21. The van der Waals surface area contributed by atoms with Crippen LogP contribution in [0, 0.1) is 23.2 Å². The largest absolute Gasteiger partial charge is 0.481 e. The van der Waals surface area contributed by atoms with Gasteiger partial charge in [0.25, 0.3) is 0 Å². The number of aliphatic hydroxyl groups excluding tert-OH is 2. The van der Waals surface area contributed by atoms with Crippen molar-refractivity contribution in [3.8, 4) is 0 Å². The molecule has 6 atom stereocenters. The van der Waals surface area contributed by atoms with E-state index in [-0.39, 0.29) is 11.7 Å². The zero-order valence-electron chi connectivity index (χ0n) is 12.0. The van der Waals surface area contributed by atoms with E-state index in [1.54, 1.807) is 0 Å². The molecule has 5 heteroatoms. The van der Waals surface area contributed by atoms with Gasteiger partial charge in [0, 0.05) is 5.41 Å². The van der Waals surface area contributed by atoms with Gasteiger partial charge in [0.05, 0.1) is 24.0 Å². The Kier molecular flexibility index (Phi) is 3.77. The predicted octanol–water partition coefficient (Wildman–Crippen LogP) is 0.990. The third-order valence-electron chi connectivity index (χ3n) is 5.45. The predicted molar refractivity (Wildman–Crippen MR) is 71.9 cm³/mol. The monoisotopic (exact) mass is 282 g/mol. The lowest BCUT2D eigenvalue weighted by Gasteiger charge is -2.52. The Morgan fingerprint density at radius 3 is 2.60 bits per heavy atom. The van der Waals surface area contributed by atoms with Crippen molar-refractivity contribution < 1.29 is 24.9 Å². The van der Waals surface area contributed by atoms with E-state index < -0.39 is 35.4 Å². The first-order valence-electron chi connectivity index (χ1n) is 7.05. The van der Waals surface area contributed by atoms with E-state index in [0.29, 0.717) is 12.8 Å². The second kappa shape index (κ2) is 4.97. The van der Waals surface area contributed by atoms with Gasteiger partial charge in [-0.1, -0.05) is 26.3 Å². The fraction of sp³-hybridized carbons (Fsp3) is 0.733. The summed E-state index contributed by atoms with van der Waals surface area (Å²) in [5.74, 6) is -3.52. The molecular weight excluding hydrogens is 260 g/mol. The summed E-state index contributed by atoms with van der Waals surface area (Å²) in [6, 6.07) is 0. The van der Waals surface area contributed by atoms with Crippen molar-refractivity contribution in [3.63, 3.8) is 0 Å². The molecule has 0 saturated heterocycles. The van der Waals surface area contributed by atoms with E-state index in [4.69, 9.17) is 5.11 Å². The maximum atomic E-state index is 12.2. The smallest absolute Gasteiger partial charge is 0.307 e. The van der Waals surface area contributed by atoms with Crippen LogP contribution in [0.2, 0.25) is 0 Å². The Morgan fingerprint density at radius 2 is 2.05 bits per heavy atom. The number of aliphatic carboxylic acids is 1. The molecule has 0 spiro atoms. The lowest BCUT2D eigenvalue weighted by Crippen LogP contribution is -2.56. The summed E-state index contributed by atoms with van der Waals surface area (Å²) in [7, 11) is 0. The topological polar surface area (TPSA) is 94.8 Å². The second-order valence-electron chi connectivity index (χ2n) is 6.35. The molecule has 0 heterocycles. The highest BCUT2D eigenvalue weighted by Gasteiger charge is 2.55. The maximum absolute atomic E-state index is 12.2. The van der Waals surface area contributed by atoms with Crippen LogP contribution in [-0.2, 0) is 9.59 Å². The van der Waals surface area contributed by atoms with Gasteiger partial charge < -0.3 is 15.3 Å². The first kappa shape index (κ1) is 15.2. The fourth-order valence-electron chi connectivity index (χ4n) is 3.67. The zero-order chi connectivity index (χ0) is 15.2. The van der Waals surface area contributed by atoms with Crippen molar-refractivity contribution in [3.05, 3.63) is 11.6 Å². The Balaban J connectivity index is 2.47. The zero-order valence-corrected chi connectivity index (χ0v) is 12.0. The number of aliphatic hydroxyl groups is 2. The Labute approximate surface area is 118 Å². The summed E-state index contributed by atoms with van der Waals surface area (Å²) < 4.78 is 0. The number of allylic oxidation sites excluding steroid dienone is 1. The SMILES string of the molecule is CC(C(=O)O)C1C(=O)C=C2CCC(O)C(C)C2(C)C1O. The number of hydrogen-bond acceptors (Lipinski definition) is 4.